The molecule has 0 aromatic heterocycles. The maximum atomic E-state index is 11.8. The van der Waals surface area contributed by atoms with E-state index in [9.17, 15) is 4.79 Å². The zero-order valence-electron chi connectivity index (χ0n) is 10.9. The van der Waals surface area contributed by atoms with Crippen LogP contribution in [0.25, 0.3) is 0 Å². The highest BCUT2D eigenvalue weighted by Crippen LogP contribution is 2.27. The van der Waals surface area contributed by atoms with Gasteiger partial charge in [-0.1, -0.05) is 13.8 Å². The number of benzene rings is 1. The van der Waals surface area contributed by atoms with Gasteiger partial charge in [0.1, 0.15) is 5.75 Å². The monoisotopic (exact) mass is 314 g/mol. The normalized spacial score (nSPS) is 12.3. The topological polar surface area (TPSA) is 64.3 Å². The van der Waals surface area contributed by atoms with Crippen molar-refractivity contribution in [3.63, 3.8) is 0 Å². The minimum atomic E-state index is -0.123. The number of halogens is 1. The summed E-state index contributed by atoms with van der Waals surface area (Å²) in [5.41, 5.74) is 6.56. The zero-order chi connectivity index (χ0) is 13.7. The molecule has 0 spiro atoms. The molecule has 1 aromatic carbocycles. The van der Waals surface area contributed by atoms with Crippen LogP contribution < -0.4 is 15.8 Å². The van der Waals surface area contributed by atoms with Crippen molar-refractivity contribution in [1.29, 1.82) is 0 Å². The van der Waals surface area contributed by atoms with Crippen LogP contribution in [-0.4, -0.2) is 19.1 Å². The van der Waals surface area contributed by atoms with Gasteiger partial charge in [0.15, 0.2) is 0 Å². The fourth-order valence-electron chi connectivity index (χ4n) is 1.40. The molecule has 0 aliphatic heterocycles. The number of rotatable bonds is 5. The van der Waals surface area contributed by atoms with Crippen LogP contribution in [0.2, 0.25) is 0 Å². The summed E-state index contributed by atoms with van der Waals surface area (Å²) in [4.78, 5) is 11.8. The van der Waals surface area contributed by atoms with Gasteiger partial charge in [-0.25, -0.2) is 0 Å². The molecular weight excluding hydrogens is 296 g/mol. The molecule has 0 saturated heterocycles. The molecule has 0 heterocycles. The highest BCUT2D eigenvalue weighted by molar-refractivity contribution is 9.10. The molecule has 0 radical (unpaired) electrons. The zero-order valence-corrected chi connectivity index (χ0v) is 12.5. The van der Waals surface area contributed by atoms with E-state index in [1.54, 1.807) is 13.2 Å². The smallest absolute Gasteiger partial charge is 0.225 e. The van der Waals surface area contributed by atoms with Gasteiger partial charge in [-0.15, -0.1) is 0 Å². The van der Waals surface area contributed by atoms with Gasteiger partial charge < -0.3 is 15.8 Å². The number of methoxy groups -OCH3 is 1. The molecule has 1 aromatic rings. The molecule has 1 atom stereocenters. The lowest BCUT2D eigenvalue weighted by Crippen LogP contribution is -2.31. The maximum absolute atomic E-state index is 11.8. The Kier molecular flexibility index (Phi) is 5.62. The second kappa shape index (κ2) is 6.75. The number of amides is 1. The van der Waals surface area contributed by atoms with Crippen molar-refractivity contribution in [1.82, 2.24) is 0 Å². The Balaban J connectivity index is 2.65. The standard InChI is InChI=1S/C13H19BrN2O2/c1-8(2)11(15)7-13(17)16-9-4-5-10(14)12(6-9)18-3/h4-6,8,11H,7,15H2,1-3H3,(H,16,17). The minimum Gasteiger partial charge on any atom is -0.495 e. The third-order valence-electron chi connectivity index (χ3n) is 2.71. The number of carbonyl (C=O) groups is 1. The molecule has 0 bridgehead atoms. The lowest BCUT2D eigenvalue weighted by atomic mass is 10.0. The van der Waals surface area contributed by atoms with E-state index in [1.165, 1.54) is 0 Å². The molecule has 0 saturated carbocycles. The van der Waals surface area contributed by atoms with Crippen molar-refractivity contribution in [2.24, 2.45) is 11.7 Å². The van der Waals surface area contributed by atoms with Crippen molar-refractivity contribution in [3.05, 3.63) is 22.7 Å². The highest BCUT2D eigenvalue weighted by atomic mass is 79.9. The largest absolute Gasteiger partial charge is 0.495 e. The first-order valence-corrected chi connectivity index (χ1v) is 6.62. The van der Waals surface area contributed by atoms with Crippen molar-refractivity contribution < 1.29 is 9.53 Å². The Labute approximate surface area is 116 Å². The molecule has 1 unspecified atom stereocenters. The number of nitrogens with one attached hydrogen (secondary N) is 1. The Bertz CT molecular complexity index is 421. The number of carbonyl (C=O) groups excluding carboxylic acids is 1. The predicted octanol–water partition coefficient (Wildman–Crippen LogP) is 2.77. The highest BCUT2D eigenvalue weighted by Gasteiger charge is 2.13. The van der Waals surface area contributed by atoms with E-state index in [1.807, 2.05) is 26.0 Å². The van der Waals surface area contributed by atoms with Gasteiger partial charge in [0.2, 0.25) is 5.91 Å². The van der Waals surface area contributed by atoms with Crippen molar-refractivity contribution >= 4 is 27.5 Å². The van der Waals surface area contributed by atoms with Gasteiger partial charge in [0.25, 0.3) is 0 Å². The van der Waals surface area contributed by atoms with Crippen LogP contribution in [0.3, 0.4) is 0 Å². The lowest BCUT2D eigenvalue weighted by Gasteiger charge is -2.15. The van der Waals surface area contributed by atoms with Gasteiger partial charge in [-0.3, -0.25) is 4.79 Å². The molecule has 3 N–H and O–H groups in total. The van der Waals surface area contributed by atoms with Crippen LogP contribution in [-0.2, 0) is 4.79 Å². The average Bonchev–Trinajstić information content (AvgIpc) is 2.31. The molecule has 0 aliphatic rings. The van der Waals surface area contributed by atoms with Crippen molar-refractivity contribution in [3.8, 4) is 5.75 Å². The summed E-state index contributed by atoms with van der Waals surface area (Å²) in [6.45, 7) is 4.00. The van der Waals surface area contributed by atoms with E-state index in [0.717, 1.165) is 4.47 Å². The molecule has 100 valence electrons. The fraction of sp³-hybridized carbons (Fsp3) is 0.462. The molecule has 1 rings (SSSR count). The summed E-state index contributed by atoms with van der Waals surface area (Å²) < 4.78 is 6.01. The van der Waals surface area contributed by atoms with Crippen LogP contribution in [0, 0.1) is 5.92 Å². The second-order valence-corrected chi connectivity index (χ2v) is 5.36. The number of hydrogen-bond acceptors (Lipinski definition) is 3. The number of anilines is 1. The number of nitrogens with two attached hydrogens (primary N) is 1. The molecular formula is C13H19BrN2O2. The van der Waals surface area contributed by atoms with Crippen LogP contribution in [0.5, 0.6) is 5.75 Å². The summed E-state index contributed by atoms with van der Waals surface area (Å²) in [5, 5.41) is 2.81. The van der Waals surface area contributed by atoms with E-state index in [-0.39, 0.29) is 17.9 Å². The molecule has 0 aliphatic carbocycles. The Morgan fingerprint density at radius 1 is 1.50 bits per heavy atom. The first kappa shape index (κ1) is 15.0. The third-order valence-corrected chi connectivity index (χ3v) is 3.37. The van der Waals surface area contributed by atoms with Gasteiger partial charge in [0, 0.05) is 24.2 Å². The molecule has 18 heavy (non-hydrogen) atoms. The summed E-state index contributed by atoms with van der Waals surface area (Å²) in [6.07, 6.45) is 0.316. The van der Waals surface area contributed by atoms with Crippen LogP contribution in [0.4, 0.5) is 5.69 Å². The van der Waals surface area contributed by atoms with E-state index in [2.05, 4.69) is 21.2 Å². The fourth-order valence-corrected chi connectivity index (χ4v) is 1.81. The number of hydrogen-bond donors (Lipinski definition) is 2. The minimum absolute atomic E-state index is 0.0828. The third kappa shape index (κ3) is 4.31. The van der Waals surface area contributed by atoms with Crippen LogP contribution in [0.15, 0.2) is 22.7 Å². The van der Waals surface area contributed by atoms with Gasteiger partial charge in [-0.05, 0) is 34.0 Å². The van der Waals surface area contributed by atoms with Crippen LogP contribution >= 0.6 is 15.9 Å². The second-order valence-electron chi connectivity index (χ2n) is 4.51. The summed E-state index contributed by atoms with van der Waals surface area (Å²) in [6, 6.07) is 5.29. The SMILES string of the molecule is COc1cc(NC(=O)CC(N)C(C)C)ccc1Br. The van der Waals surface area contributed by atoms with Gasteiger partial charge in [-0.2, -0.15) is 0 Å². The Morgan fingerprint density at radius 2 is 2.17 bits per heavy atom. The Morgan fingerprint density at radius 3 is 2.72 bits per heavy atom. The van der Waals surface area contributed by atoms with E-state index < -0.39 is 0 Å². The average molecular weight is 315 g/mol. The van der Waals surface area contributed by atoms with E-state index in [4.69, 9.17) is 10.5 Å². The summed E-state index contributed by atoms with van der Waals surface area (Å²) in [7, 11) is 1.58. The first-order valence-electron chi connectivity index (χ1n) is 5.83. The van der Waals surface area contributed by atoms with Crippen LogP contribution in [0.1, 0.15) is 20.3 Å². The van der Waals surface area contributed by atoms with Gasteiger partial charge in [0.05, 0.1) is 11.6 Å². The molecule has 5 heteroatoms. The Hall–Kier alpha value is -1.07. The summed E-state index contributed by atoms with van der Waals surface area (Å²) in [5.74, 6) is 0.886. The molecule has 1 amide bonds. The van der Waals surface area contributed by atoms with E-state index in [0.29, 0.717) is 17.9 Å². The maximum Gasteiger partial charge on any atom is 0.225 e. The van der Waals surface area contributed by atoms with Gasteiger partial charge >= 0.3 is 0 Å². The van der Waals surface area contributed by atoms with Crippen molar-refractivity contribution in [2.45, 2.75) is 26.3 Å². The molecule has 4 nitrogen and oxygen atoms in total. The molecule has 0 fully saturated rings. The number of ether oxygens (including phenoxy) is 1. The first-order chi connectivity index (χ1) is 8.43. The quantitative estimate of drug-likeness (QED) is 0.878. The predicted molar refractivity (Wildman–Crippen MR) is 76.8 cm³/mol. The van der Waals surface area contributed by atoms with Crippen molar-refractivity contribution in [2.75, 3.05) is 12.4 Å². The lowest BCUT2D eigenvalue weighted by molar-refractivity contribution is -0.116. The summed E-state index contributed by atoms with van der Waals surface area (Å²) >= 11 is 3.36. The van der Waals surface area contributed by atoms with E-state index >= 15 is 0 Å².